The van der Waals surface area contributed by atoms with Crippen LogP contribution in [0, 0.1) is 6.92 Å². The van der Waals surface area contributed by atoms with Gasteiger partial charge in [-0.2, -0.15) is 5.10 Å². The first-order valence-corrected chi connectivity index (χ1v) is 8.87. The number of carbonyl (C=O) groups is 2. The van der Waals surface area contributed by atoms with Gasteiger partial charge in [0.25, 0.3) is 5.91 Å². The fraction of sp³-hybridized carbons (Fsp3) is 0.471. The second-order valence-electron chi connectivity index (χ2n) is 6.55. The van der Waals surface area contributed by atoms with Gasteiger partial charge in [-0.3, -0.25) is 14.3 Å². The molecule has 1 aliphatic rings. The molecule has 2 amide bonds. The molecule has 0 unspecified atom stereocenters. The Hall–Kier alpha value is -2.85. The molecule has 2 aromatic heterocycles. The van der Waals surface area contributed by atoms with E-state index in [9.17, 15) is 9.59 Å². The lowest BCUT2D eigenvalue weighted by Crippen LogP contribution is -2.50. The summed E-state index contributed by atoms with van der Waals surface area (Å²) in [5, 5.41) is 7.13. The van der Waals surface area contributed by atoms with Gasteiger partial charge in [0, 0.05) is 32.0 Å². The van der Waals surface area contributed by atoms with E-state index in [4.69, 9.17) is 11.5 Å². The Morgan fingerprint density at radius 1 is 1.37 bits per heavy atom. The molecule has 1 atom stereocenters. The molecule has 0 aliphatic carbocycles. The van der Waals surface area contributed by atoms with Crippen molar-refractivity contribution in [3.8, 4) is 0 Å². The third-order valence-electron chi connectivity index (χ3n) is 4.59. The third-order valence-corrected chi connectivity index (χ3v) is 4.59. The predicted octanol–water partition coefficient (Wildman–Crippen LogP) is -0.317. The number of rotatable bonds is 5. The van der Waals surface area contributed by atoms with Crippen molar-refractivity contribution in [2.45, 2.75) is 31.8 Å². The van der Waals surface area contributed by atoms with Gasteiger partial charge >= 0.3 is 0 Å². The Morgan fingerprint density at radius 3 is 2.78 bits per heavy atom. The average Bonchev–Trinajstić information content (AvgIpc) is 3.15. The van der Waals surface area contributed by atoms with Crippen LogP contribution in [-0.4, -0.2) is 62.1 Å². The first-order chi connectivity index (χ1) is 13.0. The Balaban J connectivity index is 1.57. The fourth-order valence-electron chi connectivity index (χ4n) is 3.07. The van der Waals surface area contributed by atoms with E-state index >= 15 is 0 Å². The van der Waals surface area contributed by atoms with Crippen LogP contribution in [0.3, 0.4) is 0 Å². The molecule has 1 fully saturated rings. The normalized spacial score (nSPS) is 16.2. The van der Waals surface area contributed by atoms with E-state index in [2.05, 4.69) is 20.4 Å². The van der Waals surface area contributed by atoms with Crippen LogP contribution in [0.15, 0.2) is 24.7 Å². The molecule has 144 valence electrons. The number of aryl methyl sites for hydroxylation is 1. The fourth-order valence-corrected chi connectivity index (χ4v) is 3.07. The molecule has 1 aliphatic heterocycles. The summed E-state index contributed by atoms with van der Waals surface area (Å²) in [6.45, 7) is 3.09. The van der Waals surface area contributed by atoms with Crippen LogP contribution in [0.4, 0.5) is 5.69 Å². The molecule has 0 spiro atoms. The van der Waals surface area contributed by atoms with Crippen LogP contribution < -0.4 is 16.8 Å². The number of nitrogens with one attached hydrogen (secondary N) is 1. The summed E-state index contributed by atoms with van der Waals surface area (Å²) in [6.07, 6.45) is 6.48. The van der Waals surface area contributed by atoms with Crippen molar-refractivity contribution in [2.24, 2.45) is 11.5 Å². The number of likely N-dealkylation sites (tertiary alicyclic amines) is 1. The zero-order valence-electron chi connectivity index (χ0n) is 15.2. The molecule has 10 heteroatoms. The number of nitrogens with two attached hydrogens (primary N) is 2. The van der Waals surface area contributed by atoms with Crippen LogP contribution in [-0.2, 0) is 4.79 Å². The summed E-state index contributed by atoms with van der Waals surface area (Å²) in [7, 11) is 0. The second-order valence-corrected chi connectivity index (χ2v) is 6.55. The van der Waals surface area contributed by atoms with Crippen molar-refractivity contribution in [2.75, 3.05) is 25.0 Å². The van der Waals surface area contributed by atoms with Crippen LogP contribution >= 0.6 is 0 Å². The van der Waals surface area contributed by atoms with E-state index in [0.717, 1.165) is 12.8 Å². The maximum Gasteiger partial charge on any atom is 0.274 e. The second kappa shape index (κ2) is 8.23. The summed E-state index contributed by atoms with van der Waals surface area (Å²) in [5.74, 6) is 0.120. The van der Waals surface area contributed by atoms with Gasteiger partial charge in [0.15, 0.2) is 0 Å². The summed E-state index contributed by atoms with van der Waals surface area (Å²) < 4.78 is 1.82. The minimum Gasteiger partial charge on any atom is -0.341 e. The Labute approximate surface area is 156 Å². The highest BCUT2D eigenvalue weighted by atomic mass is 16.2. The lowest BCUT2D eigenvalue weighted by molar-refractivity contribution is -0.133. The highest BCUT2D eigenvalue weighted by Gasteiger charge is 2.27. The summed E-state index contributed by atoms with van der Waals surface area (Å²) >= 11 is 0. The standard InChI is InChI=1S/C17H24N8O2/c1-11-20-5-2-15(22-11)16(26)23-12-9-21-25(10-12)13-3-6-24(7-4-13)17(27)14(19)8-18/h2,5,9-10,13-14H,3-4,6-8,18-19H2,1H3,(H,23,26)/t14-/m0/s1. The van der Waals surface area contributed by atoms with Crippen LogP contribution in [0.2, 0.25) is 0 Å². The third kappa shape index (κ3) is 4.47. The molecule has 0 radical (unpaired) electrons. The number of piperidine rings is 1. The SMILES string of the molecule is Cc1nccc(C(=O)Nc2cnn(C3CCN(C(=O)[C@@H](N)CN)CC3)c2)n1. The topological polar surface area (TPSA) is 145 Å². The summed E-state index contributed by atoms with van der Waals surface area (Å²) in [5.41, 5.74) is 12.1. The molecule has 1 saturated heterocycles. The molecule has 0 saturated carbocycles. The first kappa shape index (κ1) is 18.9. The number of hydrogen-bond donors (Lipinski definition) is 3. The van der Waals surface area contributed by atoms with E-state index in [1.807, 2.05) is 4.68 Å². The van der Waals surface area contributed by atoms with E-state index in [-0.39, 0.29) is 24.4 Å². The van der Waals surface area contributed by atoms with Gasteiger partial charge in [0.05, 0.1) is 24.0 Å². The van der Waals surface area contributed by atoms with Gasteiger partial charge in [0.1, 0.15) is 11.5 Å². The number of nitrogens with zero attached hydrogens (tertiary/aromatic N) is 5. The Bertz CT molecular complexity index is 813. The Kier molecular flexibility index (Phi) is 5.77. The predicted molar refractivity (Wildman–Crippen MR) is 98.8 cm³/mol. The molecular formula is C17H24N8O2. The Morgan fingerprint density at radius 2 is 2.11 bits per heavy atom. The lowest BCUT2D eigenvalue weighted by atomic mass is 10.0. The molecule has 0 aromatic carbocycles. The zero-order valence-corrected chi connectivity index (χ0v) is 15.2. The van der Waals surface area contributed by atoms with E-state index in [1.165, 1.54) is 0 Å². The molecule has 3 heterocycles. The van der Waals surface area contributed by atoms with Crippen LogP contribution in [0.1, 0.15) is 35.2 Å². The highest BCUT2D eigenvalue weighted by molar-refractivity contribution is 6.02. The maximum absolute atomic E-state index is 12.3. The first-order valence-electron chi connectivity index (χ1n) is 8.87. The minimum absolute atomic E-state index is 0.107. The van der Waals surface area contributed by atoms with Crippen molar-refractivity contribution in [3.63, 3.8) is 0 Å². The zero-order chi connectivity index (χ0) is 19.4. The van der Waals surface area contributed by atoms with Gasteiger partial charge in [-0.1, -0.05) is 0 Å². The highest BCUT2D eigenvalue weighted by Crippen LogP contribution is 2.23. The van der Waals surface area contributed by atoms with Crippen molar-refractivity contribution >= 4 is 17.5 Å². The number of hydrogen-bond acceptors (Lipinski definition) is 7. The summed E-state index contributed by atoms with van der Waals surface area (Å²) in [6, 6.07) is 1.08. The minimum atomic E-state index is -0.640. The van der Waals surface area contributed by atoms with E-state index in [1.54, 1.807) is 36.5 Å². The molecule has 3 rings (SSSR count). The number of anilines is 1. The molecule has 10 nitrogen and oxygen atoms in total. The van der Waals surface area contributed by atoms with Gasteiger partial charge in [0.2, 0.25) is 5.91 Å². The molecular weight excluding hydrogens is 348 g/mol. The van der Waals surface area contributed by atoms with Gasteiger partial charge in [-0.25, -0.2) is 9.97 Å². The van der Waals surface area contributed by atoms with Crippen molar-refractivity contribution < 1.29 is 9.59 Å². The molecule has 27 heavy (non-hydrogen) atoms. The average molecular weight is 372 g/mol. The monoisotopic (exact) mass is 372 g/mol. The van der Waals surface area contributed by atoms with Crippen molar-refractivity contribution in [1.82, 2.24) is 24.6 Å². The largest absolute Gasteiger partial charge is 0.341 e. The number of aromatic nitrogens is 4. The van der Waals surface area contributed by atoms with Gasteiger partial charge < -0.3 is 21.7 Å². The molecule has 2 aromatic rings. The lowest BCUT2D eigenvalue weighted by Gasteiger charge is -2.33. The van der Waals surface area contributed by atoms with Crippen LogP contribution in [0.5, 0.6) is 0 Å². The van der Waals surface area contributed by atoms with Crippen molar-refractivity contribution in [1.29, 1.82) is 0 Å². The van der Waals surface area contributed by atoms with Gasteiger partial charge in [-0.05, 0) is 25.8 Å². The van der Waals surface area contributed by atoms with E-state index < -0.39 is 6.04 Å². The smallest absolute Gasteiger partial charge is 0.274 e. The molecule has 0 bridgehead atoms. The number of amides is 2. The summed E-state index contributed by atoms with van der Waals surface area (Å²) in [4.78, 5) is 34.2. The molecule has 5 N–H and O–H groups in total. The number of carbonyl (C=O) groups excluding carboxylic acids is 2. The van der Waals surface area contributed by atoms with Crippen molar-refractivity contribution in [3.05, 3.63) is 36.2 Å². The van der Waals surface area contributed by atoms with Gasteiger partial charge in [-0.15, -0.1) is 0 Å². The van der Waals surface area contributed by atoms with E-state index in [0.29, 0.717) is 30.3 Å². The maximum atomic E-state index is 12.3. The van der Waals surface area contributed by atoms with Crippen LogP contribution in [0.25, 0.3) is 0 Å². The quantitative estimate of drug-likeness (QED) is 0.652.